The summed E-state index contributed by atoms with van der Waals surface area (Å²) in [6, 6.07) is 0. The van der Waals surface area contributed by atoms with Gasteiger partial charge in [0.25, 0.3) is 0 Å². The first-order valence-electron chi connectivity index (χ1n) is 4.76. The maximum Gasteiger partial charge on any atom is 0.330 e. The van der Waals surface area contributed by atoms with Crippen LogP contribution in [-0.4, -0.2) is 37.1 Å². The summed E-state index contributed by atoms with van der Waals surface area (Å²) in [7, 11) is 0. The van der Waals surface area contributed by atoms with Crippen molar-refractivity contribution in [2.24, 2.45) is 0 Å². The topological polar surface area (TPSA) is 29.5 Å². The molecule has 0 radical (unpaired) electrons. The van der Waals surface area contributed by atoms with Gasteiger partial charge >= 0.3 is 5.97 Å². The van der Waals surface area contributed by atoms with Gasteiger partial charge in [0.05, 0.1) is 6.61 Å². The quantitative estimate of drug-likeness (QED) is 0.341. The second-order valence-electron chi connectivity index (χ2n) is 2.75. The molecule has 0 saturated carbocycles. The molecule has 76 valence electrons. The van der Waals surface area contributed by atoms with Crippen molar-refractivity contribution in [1.29, 1.82) is 0 Å². The van der Waals surface area contributed by atoms with Crippen molar-refractivity contribution in [3.05, 3.63) is 12.7 Å². The Balaban J connectivity index is 3.33. The minimum Gasteiger partial charge on any atom is -0.462 e. The second-order valence-corrected chi connectivity index (χ2v) is 2.75. The average Bonchev–Trinajstić information content (AvgIpc) is 2.18. The highest BCUT2D eigenvalue weighted by Gasteiger charge is 1.99. The number of hydrogen-bond acceptors (Lipinski definition) is 3. The molecule has 0 amide bonds. The summed E-state index contributed by atoms with van der Waals surface area (Å²) >= 11 is 0. The first-order chi connectivity index (χ1) is 6.24. The first-order valence-corrected chi connectivity index (χ1v) is 4.76. The number of carbonyl (C=O) groups excluding carboxylic acids is 1. The van der Waals surface area contributed by atoms with E-state index in [9.17, 15) is 4.79 Å². The third-order valence-electron chi connectivity index (χ3n) is 1.92. The molecule has 0 aromatic rings. The number of nitrogens with zero attached hydrogens (tertiary/aromatic N) is 1. The van der Waals surface area contributed by atoms with Gasteiger partial charge in [0.15, 0.2) is 0 Å². The van der Waals surface area contributed by atoms with Crippen molar-refractivity contribution in [2.45, 2.75) is 20.3 Å². The molecule has 0 heterocycles. The fraction of sp³-hybridized carbons (Fsp3) is 0.700. The van der Waals surface area contributed by atoms with Gasteiger partial charge in [-0.25, -0.2) is 4.79 Å². The third-order valence-corrected chi connectivity index (χ3v) is 1.92. The van der Waals surface area contributed by atoms with Crippen molar-refractivity contribution >= 4 is 5.97 Å². The van der Waals surface area contributed by atoms with Crippen molar-refractivity contribution in [1.82, 2.24) is 4.90 Å². The molecule has 0 spiro atoms. The monoisotopic (exact) mass is 185 g/mol. The van der Waals surface area contributed by atoms with Crippen LogP contribution in [0.5, 0.6) is 0 Å². The molecule has 3 nitrogen and oxygen atoms in total. The molecule has 0 fully saturated rings. The lowest BCUT2D eigenvalue weighted by atomic mass is 10.4. The van der Waals surface area contributed by atoms with Crippen LogP contribution in [0.4, 0.5) is 0 Å². The summed E-state index contributed by atoms with van der Waals surface area (Å²) in [5.41, 5.74) is 0. The maximum absolute atomic E-state index is 10.6. The Morgan fingerprint density at radius 2 is 2.08 bits per heavy atom. The van der Waals surface area contributed by atoms with E-state index in [2.05, 4.69) is 25.3 Å². The Morgan fingerprint density at radius 1 is 1.46 bits per heavy atom. The van der Waals surface area contributed by atoms with E-state index in [1.54, 1.807) is 0 Å². The van der Waals surface area contributed by atoms with Crippen molar-refractivity contribution in [2.75, 3.05) is 26.2 Å². The van der Waals surface area contributed by atoms with Crippen LogP contribution in [0.15, 0.2) is 12.7 Å². The van der Waals surface area contributed by atoms with Crippen LogP contribution in [0.25, 0.3) is 0 Å². The summed E-state index contributed by atoms with van der Waals surface area (Å²) in [5.74, 6) is -0.334. The zero-order valence-corrected chi connectivity index (χ0v) is 8.58. The van der Waals surface area contributed by atoms with E-state index in [4.69, 9.17) is 4.74 Å². The van der Waals surface area contributed by atoms with Gasteiger partial charge in [-0.2, -0.15) is 0 Å². The lowest BCUT2D eigenvalue weighted by Crippen LogP contribution is -2.25. The molecule has 0 saturated heterocycles. The molecule has 13 heavy (non-hydrogen) atoms. The van der Waals surface area contributed by atoms with E-state index in [0.717, 1.165) is 26.1 Å². The molecule has 0 unspecified atom stereocenters. The minimum atomic E-state index is -0.334. The van der Waals surface area contributed by atoms with Gasteiger partial charge in [0, 0.05) is 12.6 Å². The average molecular weight is 185 g/mol. The zero-order chi connectivity index (χ0) is 10.1. The number of esters is 1. The first kappa shape index (κ1) is 12.2. The summed E-state index contributed by atoms with van der Waals surface area (Å²) in [5, 5.41) is 0. The van der Waals surface area contributed by atoms with Crippen molar-refractivity contribution in [3.8, 4) is 0 Å². The van der Waals surface area contributed by atoms with Crippen LogP contribution in [0.2, 0.25) is 0 Å². The lowest BCUT2D eigenvalue weighted by Gasteiger charge is -2.17. The fourth-order valence-corrected chi connectivity index (χ4v) is 1.06. The standard InChI is InChI=1S/C10H19NO2/c1-4-10(12)13-9-7-8-11(5-2)6-3/h4H,1,5-9H2,2-3H3. The Labute approximate surface area is 80.4 Å². The maximum atomic E-state index is 10.6. The predicted molar refractivity (Wildman–Crippen MR) is 53.6 cm³/mol. The highest BCUT2D eigenvalue weighted by molar-refractivity contribution is 5.81. The SMILES string of the molecule is C=CC(=O)OCCCN(CC)CC. The molecular weight excluding hydrogens is 166 g/mol. The van der Waals surface area contributed by atoms with E-state index in [0.29, 0.717) is 6.61 Å². The molecule has 0 bridgehead atoms. The number of ether oxygens (including phenoxy) is 1. The third kappa shape index (κ3) is 6.34. The van der Waals surface area contributed by atoms with Crippen LogP contribution < -0.4 is 0 Å². The van der Waals surface area contributed by atoms with Crippen LogP contribution in [0.3, 0.4) is 0 Å². The molecule has 3 heteroatoms. The molecule has 0 N–H and O–H groups in total. The summed E-state index contributed by atoms with van der Waals surface area (Å²) in [6.45, 7) is 11.1. The van der Waals surface area contributed by atoms with Gasteiger partial charge in [-0.1, -0.05) is 20.4 Å². The molecule has 0 atom stereocenters. The number of rotatable bonds is 7. The normalized spacial score (nSPS) is 10.1. The minimum absolute atomic E-state index is 0.334. The molecule has 0 rings (SSSR count). The Hall–Kier alpha value is -0.830. The van der Waals surface area contributed by atoms with E-state index < -0.39 is 0 Å². The molecule has 0 aliphatic carbocycles. The van der Waals surface area contributed by atoms with E-state index in [1.165, 1.54) is 6.08 Å². The predicted octanol–water partition coefficient (Wildman–Crippen LogP) is 1.45. The van der Waals surface area contributed by atoms with Gasteiger partial charge in [0.2, 0.25) is 0 Å². The van der Waals surface area contributed by atoms with Gasteiger partial charge in [-0.3, -0.25) is 0 Å². The van der Waals surface area contributed by atoms with Crippen LogP contribution in [-0.2, 0) is 9.53 Å². The molecule has 0 aromatic heterocycles. The lowest BCUT2D eigenvalue weighted by molar-refractivity contribution is -0.137. The van der Waals surface area contributed by atoms with Gasteiger partial charge in [-0.05, 0) is 19.5 Å². The largest absolute Gasteiger partial charge is 0.462 e. The van der Waals surface area contributed by atoms with E-state index in [-0.39, 0.29) is 5.97 Å². The fourth-order valence-electron chi connectivity index (χ4n) is 1.06. The van der Waals surface area contributed by atoms with Gasteiger partial charge in [0.1, 0.15) is 0 Å². The second kappa shape index (κ2) is 7.80. The summed E-state index contributed by atoms with van der Waals surface area (Å²) < 4.78 is 4.85. The summed E-state index contributed by atoms with van der Waals surface area (Å²) in [4.78, 5) is 12.9. The highest BCUT2D eigenvalue weighted by atomic mass is 16.5. The van der Waals surface area contributed by atoms with E-state index >= 15 is 0 Å². The van der Waals surface area contributed by atoms with Crippen molar-refractivity contribution in [3.63, 3.8) is 0 Å². The van der Waals surface area contributed by atoms with Gasteiger partial charge in [-0.15, -0.1) is 0 Å². The zero-order valence-electron chi connectivity index (χ0n) is 8.58. The number of hydrogen-bond donors (Lipinski definition) is 0. The molecule has 0 aliphatic heterocycles. The van der Waals surface area contributed by atoms with Crippen LogP contribution >= 0.6 is 0 Å². The molecular formula is C10H19NO2. The smallest absolute Gasteiger partial charge is 0.330 e. The van der Waals surface area contributed by atoms with Crippen LogP contribution in [0, 0.1) is 0 Å². The molecule has 0 aromatic carbocycles. The van der Waals surface area contributed by atoms with Gasteiger partial charge < -0.3 is 9.64 Å². The number of carbonyl (C=O) groups is 1. The van der Waals surface area contributed by atoms with Crippen molar-refractivity contribution < 1.29 is 9.53 Å². The summed E-state index contributed by atoms with van der Waals surface area (Å²) in [6.07, 6.45) is 2.08. The van der Waals surface area contributed by atoms with Crippen LogP contribution in [0.1, 0.15) is 20.3 Å². The Kier molecular flexibility index (Phi) is 7.30. The van der Waals surface area contributed by atoms with E-state index in [1.807, 2.05) is 0 Å². The Bertz CT molecular complexity index is 153. The molecule has 0 aliphatic rings. The highest BCUT2D eigenvalue weighted by Crippen LogP contribution is 1.91. The Morgan fingerprint density at radius 3 is 2.54 bits per heavy atom.